The SMILES string of the molecule is COc1ccccc1OCC(CO)Oc1ccccc1OC. The Morgan fingerprint density at radius 2 is 1.32 bits per heavy atom. The number of para-hydroxylation sites is 4. The summed E-state index contributed by atoms with van der Waals surface area (Å²) in [5.41, 5.74) is 0. The molecule has 1 N–H and O–H groups in total. The summed E-state index contributed by atoms with van der Waals surface area (Å²) in [7, 11) is 3.15. The highest BCUT2D eigenvalue weighted by Crippen LogP contribution is 2.28. The molecule has 118 valence electrons. The highest BCUT2D eigenvalue weighted by Gasteiger charge is 2.14. The van der Waals surface area contributed by atoms with Gasteiger partial charge in [-0.2, -0.15) is 0 Å². The lowest BCUT2D eigenvalue weighted by Gasteiger charge is -2.19. The fourth-order valence-corrected chi connectivity index (χ4v) is 1.94. The van der Waals surface area contributed by atoms with Gasteiger partial charge in [-0.1, -0.05) is 24.3 Å². The first-order valence-corrected chi connectivity index (χ1v) is 6.94. The molecule has 1 atom stereocenters. The van der Waals surface area contributed by atoms with Crippen LogP contribution in [0.3, 0.4) is 0 Å². The van der Waals surface area contributed by atoms with Crippen molar-refractivity contribution >= 4 is 0 Å². The molecule has 22 heavy (non-hydrogen) atoms. The van der Waals surface area contributed by atoms with Crippen LogP contribution >= 0.6 is 0 Å². The van der Waals surface area contributed by atoms with Crippen molar-refractivity contribution in [3.63, 3.8) is 0 Å². The van der Waals surface area contributed by atoms with Crippen LogP contribution < -0.4 is 18.9 Å². The van der Waals surface area contributed by atoms with E-state index in [0.29, 0.717) is 23.0 Å². The van der Waals surface area contributed by atoms with Gasteiger partial charge >= 0.3 is 0 Å². The van der Waals surface area contributed by atoms with Gasteiger partial charge in [0.2, 0.25) is 0 Å². The van der Waals surface area contributed by atoms with E-state index in [-0.39, 0.29) is 13.2 Å². The number of rotatable bonds is 8. The van der Waals surface area contributed by atoms with Crippen molar-refractivity contribution in [3.05, 3.63) is 48.5 Å². The van der Waals surface area contributed by atoms with Gasteiger partial charge in [0.1, 0.15) is 6.61 Å². The zero-order chi connectivity index (χ0) is 15.8. The van der Waals surface area contributed by atoms with Gasteiger partial charge in [-0.3, -0.25) is 0 Å². The minimum Gasteiger partial charge on any atom is -0.493 e. The Labute approximate surface area is 130 Å². The van der Waals surface area contributed by atoms with Crippen molar-refractivity contribution in [2.24, 2.45) is 0 Å². The van der Waals surface area contributed by atoms with Crippen LogP contribution in [0.15, 0.2) is 48.5 Å². The Morgan fingerprint density at radius 3 is 1.86 bits per heavy atom. The molecule has 5 nitrogen and oxygen atoms in total. The van der Waals surface area contributed by atoms with Crippen molar-refractivity contribution in [1.82, 2.24) is 0 Å². The van der Waals surface area contributed by atoms with Crippen molar-refractivity contribution in [1.29, 1.82) is 0 Å². The van der Waals surface area contributed by atoms with Crippen LogP contribution in [0.5, 0.6) is 23.0 Å². The maximum atomic E-state index is 9.48. The van der Waals surface area contributed by atoms with Gasteiger partial charge in [0.25, 0.3) is 0 Å². The predicted molar refractivity (Wildman–Crippen MR) is 83.0 cm³/mol. The molecule has 0 bridgehead atoms. The Morgan fingerprint density at radius 1 is 0.818 bits per heavy atom. The van der Waals surface area contributed by atoms with Crippen LogP contribution in [-0.4, -0.2) is 38.6 Å². The third-order valence-corrected chi connectivity index (χ3v) is 3.06. The Balaban J connectivity index is 2.00. The van der Waals surface area contributed by atoms with E-state index in [4.69, 9.17) is 18.9 Å². The van der Waals surface area contributed by atoms with E-state index in [1.165, 1.54) is 0 Å². The normalized spacial score (nSPS) is 11.6. The van der Waals surface area contributed by atoms with E-state index in [1.807, 2.05) is 30.3 Å². The van der Waals surface area contributed by atoms with Crippen LogP contribution in [0.2, 0.25) is 0 Å². The Bertz CT molecular complexity index is 585. The first kappa shape index (κ1) is 16.0. The smallest absolute Gasteiger partial charge is 0.161 e. The Kier molecular flexibility index (Phi) is 5.91. The molecule has 0 aliphatic rings. The third kappa shape index (κ3) is 4.05. The molecule has 0 saturated heterocycles. The average molecular weight is 304 g/mol. The number of hydrogen-bond donors (Lipinski definition) is 1. The largest absolute Gasteiger partial charge is 0.493 e. The molecule has 0 aromatic heterocycles. The standard InChI is InChI=1S/C17H20O5/c1-19-14-7-3-5-9-16(14)21-12-13(11-18)22-17-10-6-4-8-15(17)20-2/h3-10,13,18H,11-12H2,1-2H3. The summed E-state index contributed by atoms with van der Waals surface area (Å²) in [6, 6.07) is 14.6. The summed E-state index contributed by atoms with van der Waals surface area (Å²) in [5.74, 6) is 2.41. The van der Waals surface area contributed by atoms with Crippen molar-refractivity contribution in [2.75, 3.05) is 27.4 Å². The molecule has 0 radical (unpaired) electrons. The van der Waals surface area contributed by atoms with E-state index in [1.54, 1.807) is 32.4 Å². The minimum atomic E-state index is -0.513. The third-order valence-electron chi connectivity index (χ3n) is 3.06. The zero-order valence-electron chi connectivity index (χ0n) is 12.7. The molecule has 2 aromatic rings. The van der Waals surface area contributed by atoms with Crippen molar-refractivity contribution in [3.8, 4) is 23.0 Å². The molecule has 0 aliphatic heterocycles. The highest BCUT2D eigenvalue weighted by molar-refractivity contribution is 5.40. The molecule has 0 saturated carbocycles. The maximum absolute atomic E-state index is 9.48. The molecule has 5 heteroatoms. The van der Waals surface area contributed by atoms with Crippen LogP contribution in [-0.2, 0) is 0 Å². The van der Waals surface area contributed by atoms with E-state index in [0.717, 1.165) is 0 Å². The molecule has 1 unspecified atom stereocenters. The number of hydrogen-bond acceptors (Lipinski definition) is 5. The van der Waals surface area contributed by atoms with Crippen molar-refractivity contribution < 1.29 is 24.1 Å². The molecule has 2 aromatic carbocycles. The van der Waals surface area contributed by atoms with Crippen LogP contribution in [0, 0.1) is 0 Å². The lowest BCUT2D eigenvalue weighted by atomic mass is 10.3. The second-order valence-corrected chi connectivity index (χ2v) is 4.54. The molecule has 0 heterocycles. The highest BCUT2D eigenvalue weighted by atomic mass is 16.6. The van der Waals surface area contributed by atoms with E-state index >= 15 is 0 Å². The molecule has 0 spiro atoms. The average Bonchev–Trinajstić information content (AvgIpc) is 2.59. The van der Waals surface area contributed by atoms with Gasteiger partial charge in [0.15, 0.2) is 29.1 Å². The summed E-state index contributed by atoms with van der Waals surface area (Å²) in [6.07, 6.45) is -0.513. The topological polar surface area (TPSA) is 57.2 Å². The fourth-order valence-electron chi connectivity index (χ4n) is 1.94. The van der Waals surface area contributed by atoms with Gasteiger partial charge in [0, 0.05) is 0 Å². The molecular weight excluding hydrogens is 284 g/mol. The summed E-state index contributed by atoms with van der Waals surface area (Å²) in [6.45, 7) is 0.0160. The summed E-state index contributed by atoms with van der Waals surface area (Å²) >= 11 is 0. The van der Waals surface area contributed by atoms with Gasteiger partial charge in [0.05, 0.1) is 20.8 Å². The minimum absolute atomic E-state index is 0.173. The van der Waals surface area contributed by atoms with Crippen LogP contribution in [0.1, 0.15) is 0 Å². The van der Waals surface area contributed by atoms with Crippen LogP contribution in [0.25, 0.3) is 0 Å². The monoisotopic (exact) mass is 304 g/mol. The lowest BCUT2D eigenvalue weighted by molar-refractivity contribution is 0.0687. The van der Waals surface area contributed by atoms with E-state index in [9.17, 15) is 5.11 Å². The number of methoxy groups -OCH3 is 2. The second-order valence-electron chi connectivity index (χ2n) is 4.54. The van der Waals surface area contributed by atoms with Gasteiger partial charge < -0.3 is 24.1 Å². The number of aliphatic hydroxyl groups is 1. The maximum Gasteiger partial charge on any atom is 0.161 e. The molecule has 2 rings (SSSR count). The molecule has 0 fully saturated rings. The van der Waals surface area contributed by atoms with E-state index < -0.39 is 6.10 Å². The van der Waals surface area contributed by atoms with Gasteiger partial charge in [-0.05, 0) is 24.3 Å². The quantitative estimate of drug-likeness (QED) is 0.812. The fraction of sp³-hybridized carbons (Fsp3) is 0.294. The van der Waals surface area contributed by atoms with Crippen molar-refractivity contribution in [2.45, 2.75) is 6.10 Å². The zero-order valence-corrected chi connectivity index (χ0v) is 12.7. The molecular formula is C17H20O5. The second kappa shape index (κ2) is 8.14. The van der Waals surface area contributed by atoms with Gasteiger partial charge in [-0.15, -0.1) is 0 Å². The summed E-state index contributed by atoms with van der Waals surface area (Å²) < 4.78 is 21.9. The number of aliphatic hydroxyl groups excluding tert-OH is 1. The first-order chi connectivity index (χ1) is 10.8. The summed E-state index contributed by atoms with van der Waals surface area (Å²) in [4.78, 5) is 0. The number of benzene rings is 2. The van der Waals surface area contributed by atoms with E-state index in [2.05, 4.69) is 0 Å². The Hall–Kier alpha value is -2.40. The molecule has 0 amide bonds. The lowest BCUT2D eigenvalue weighted by Crippen LogP contribution is -2.28. The summed E-state index contributed by atoms with van der Waals surface area (Å²) in [5, 5.41) is 9.48. The van der Waals surface area contributed by atoms with Gasteiger partial charge in [-0.25, -0.2) is 0 Å². The first-order valence-electron chi connectivity index (χ1n) is 6.94. The molecule has 0 aliphatic carbocycles. The predicted octanol–water partition coefficient (Wildman–Crippen LogP) is 2.52. The van der Waals surface area contributed by atoms with Crippen LogP contribution in [0.4, 0.5) is 0 Å². The number of ether oxygens (including phenoxy) is 4.